The zero-order valence-electron chi connectivity index (χ0n) is 23.6. The van der Waals surface area contributed by atoms with E-state index in [4.69, 9.17) is 31.0 Å². The van der Waals surface area contributed by atoms with Crippen LogP contribution >= 0.6 is 11.6 Å². The van der Waals surface area contributed by atoms with E-state index in [1.54, 1.807) is 19.2 Å². The standard InChI is InChI=1S/C31H34ClN3O6/c1-19-15-21(25-7-5-6-8-27(25)39-20(2)16-28(36)37)9-10-24(19)30(38)34-13-11-23(12-14-34)35-26-17-22(32)18-33-29(26)40-31(3,4)41-35/h5-10,15,17-18,20,23H,11-14,16H2,1-4H3,(H,36,37)/t20-/m1/s1. The Labute approximate surface area is 244 Å². The number of nitrogens with zero attached hydrogens (tertiary/aromatic N) is 3. The van der Waals surface area contributed by atoms with Gasteiger partial charge in [0.05, 0.1) is 17.5 Å². The molecule has 0 unspecified atom stereocenters. The molecule has 2 aliphatic heterocycles. The van der Waals surface area contributed by atoms with E-state index >= 15 is 0 Å². The maximum Gasteiger partial charge on any atom is 0.307 e. The van der Waals surface area contributed by atoms with Crippen LogP contribution in [-0.4, -0.2) is 57.9 Å². The molecule has 1 aromatic heterocycles. The first-order chi connectivity index (χ1) is 19.5. The van der Waals surface area contributed by atoms with Crippen molar-refractivity contribution in [1.82, 2.24) is 9.88 Å². The summed E-state index contributed by atoms with van der Waals surface area (Å²) < 4.78 is 11.8. The SMILES string of the molecule is Cc1cc(-c2ccccc2O[C@H](C)CC(=O)O)ccc1C(=O)N1CCC(N2OC(C)(C)Oc3ncc(Cl)cc32)CC1. The number of carbonyl (C=O) groups is 2. The molecule has 0 radical (unpaired) electrons. The topological polar surface area (TPSA) is 101 Å². The Morgan fingerprint density at radius 2 is 1.90 bits per heavy atom. The van der Waals surface area contributed by atoms with E-state index in [9.17, 15) is 9.59 Å². The summed E-state index contributed by atoms with van der Waals surface area (Å²) in [5, 5.41) is 11.4. The summed E-state index contributed by atoms with van der Waals surface area (Å²) in [7, 11) is 0. The van der Waals surface area contributed by atoms with Crippen molar-refractivity contribution in [1.29, 1.82) is 0 Å². The highest BCUT2D eigenvalue weighted by Gasteiger charge is 2.39. The van der Waals surface area contributed by atoms with Gasteiger partial charge in [-0.3, -0.25) is 9.59 Å². The molecule has 1 saturated heterocycles. The maximum absolute atomic E-state index is 13.6. The van der Waals surface area contributed by atoms with Crippen molar-refractivity contribution in [3.8, 4) is 22.8 Å². The van der Waals surface area contributed by atoms with Gasteiger partial charge in [-0.25, -0.2) is 14.9 Å². The number of halogens is 1. The third kappa shape index (κ3) is 6.41. The summed E-state index contributed by atoms with van der Waals surface area (Å²) in [5.41, 5.74) is 3.94. The minimum atomic E-state index is -0.912. The minimum Gasteiger partial charge on any atom is -0.489 e. The van der Waals surface area contributed by atoms with Gasteiger partial charge in [-0.1, -0.05) is 41.9 Å². The van der Waals surface area contributed by atoms with Crippen molar-refractivity contribution in [2.75, 3.05) is 18.2 Å². The predicted octanol–water partition coefficient (Wildman–Crippen LogP) is 6.12. The van der Waals surface area contributed by atoms with Crippen molar-refractivity contribution in [2.24, 2.45) is 0 Å². The Morgan fingerprint density at radius 1 is 1.17 bits per heavy atom. The number of pyridine rings is 1. The van der Waals surface area contributed by atoms with Gasteiger partial charge < -0.3 is 19.5 Å². The normalized spacial score (nSPS) is 17.4. The molecule has 9 nitrogen and oxygen atoms in total. The van der Waals surface area contributed by atoms with Crippen LogP contribution in [0.5, 0.6) is 11.6 Å². The molecule has 0 aliphatic carbocycles. The summed E-state index contributed by atoms with van der Waals surface area (Å²) in [5.74, 6) is -0.723. The van der Waals surface area contributed by atoms with Crippen molar-refractivity contribution in [3.05, 3.63) is 70.9 Å². The van der Waals surface area contributed by atoms with E-state index in [0.717, 1.165) is 16.7 Å². The fraction of sp³-hybridized carbons (Fsp3) is 0.387. The first kappa shape index (κ1) is 28.7. The highest BCUT2D eigenvalue weighted by Crippen LogP contribution is 2.40. The van der Waals surface area contributed by atoms with Crippen molar-refractivity contribution in [2.45, 2.75) is 64.9 Å². The van der Waals surface area contributed by atoms with Gasteiger partial charge in [0, 0.05) is 44.3 Å². The molecular weight excluding hydrogens is 546 g/mol. The van der Waals surface area contributed by atoms with Crippen LogP contribution in [0.15, 0.2) is 54.7 Å². The lowest BCUT2D eigenvalue weighted by atomic mass is 9.97. The van der Waals surface area contributed by atoms with Gasteiger partial charge in [-0.15, -0.1) is 0 Å². The van der Waals surface area contributed by atoms with Gasteiger partial charge >= 0.3 is 5.97 Å². The smallest absolute Gasteiger partial charge is 0.307 e. The molecule has 0 bridgehead atoms. The number of para-hydroxylation sites is 1. The second-order valence-electron chi connectivity index (χ2n) is 11.0. The van der Waals surface area contributed by atoms with Gasteiger partial charge in [0.15, 0.2) is 0 Å². The quantitative estimate of drug-likeness (QED) is 0.357. The molecule has 41 heavy (non-hydrogen) atoms. The van der Waals surface area contributed by atoms with Crippen LogP contribution in [0.1, 0.15) is 56.0 Å². The highest BCUT2D eigenvalue weighted by molar-refractivity contribution is 6.30. The number of amides is 1. The number of likely N-dealkylation sites (tertiary alicyclic amines) is 1. The molecule has 1 fully saturated rings. The molecule has 1 N–H and O–H groups in total. The van der Waals surface area contributed by atoms with Gasteiger partial charge in [0.1, 0.15) is 17.5 Å². The molecule has 2 aromatic carbocycles. The second-order valence-corrected chi connectivity index (χ2v) is 11.4. The van der Waals surface area contributed by atoms with Crippen LogP contribution in [0.3, 0.4) is 0 Å². The summed E-state index contributed by atoms with van der Waals surface area (Å²) >= 11 is 6.22. The fourth-order valence-corrected chi connectivity index (χ4v) is 5.47. The van der Waals surface area contributed by atoms with Crippen LogP contribution in [0.4, 0.5) is 5.69 Å². The Kier molecular flexibility index (Phi) is 8.11. The monoisotopic (exact) mass is 579 g/mol. The van der Waals surface area contributed by atoms with Crippen molar-refractivity contribution >= 4 is 29.2 Å². The summed E-state index contributed by atoms with van der Waals surface area (Å²) in [6, 6.07) is 15.1. The lowest BCUT2D eigenvalue weighted by molar-refractivity contribution is -0.189. The number of ether oxygens (including phenoxy) is 2. The number of carboxylic acids is 1. The molecule has 0 saturated carbocycles. The van der Waals surface area contributed by atoms with E-state index < -0.39 is 17.9 Å². The van der Waals surface area contributed by atoms with E-state index in [-0.39, 0.29) is 18.4 Å². The molecule has 3 heterocycles. The third-order valence-electron chi connectivity index (χ3n) is 7.23. The van der Waals surface area contributed by atoms with Gasteiger partial charge in [-0.2, -0.15) is 0 Å². The first-order valence-corrected chi connectivity index (χ1v) is 14.1. The number of benzene rings is 2. The number of anilines is 1. The number of hydrogen-bond acceptors (Lipinski definition) is 7. The number of aromatic nitrogens is 1. The molecule has 216 valence electrons. The fourth-order valence-electron chi connectivity index (χ4n) is 5.32. The number of aliphatic carboxylic acids is 1. The summed E-state index contributed by atoms with van der Waals surface area (Å²) in [6.45, 7) is 8.49. The first-order valence-electron chi connectivity index (χ1n) is 13.7. The molecular formula is C31H34ClN3O6. The number of hydroxylamine groups is 1. The van der Waals surface area contributed by atoms with E-state index in [2.05, 4.69) is 4.98 Å². The van der Waals surface area contributed by atoms with Crippen molar-refractivity contribution in [3.63, 3.8) is 0 Å². The van der Waals surface area contributed by atoms with E-state index in [0.29, 0.717) is 53.8 Å². The Morgan fingerprint density at radius 3 is 2.61 bits per heavy atom. The predicted molar refractivity (Wildman–Crippen MR) is 155 cm³/mol. The van der Waals surface area contributed by atoms with Gasteiger partial charge in [0.25, 0.3) is 5.91 Å². The van der Waals surface area contributed by atoms with Crippen LogP contribution in [0.25, 0.3) is 11.1 Å². The molecule has 1 amide bonds. The number of hydrogen-bond donors (Lipinski definition) is 1. The second kappa shape index (κ2) is 11.6. The molecule has 5 rings (SSSR count). The maximum atomic E-state index is 13.6. The number of carboxylic acid groups (broad SMARTS) is 1. The number of aryl methyl sites for hydroxylation is 1. The van der Waals surface area contributed by atoms with Crippen molar-refractivity contribution < 1.29 is 29.0 Å². The highest BCUT2D eigenvalue weighted by atomic mass is 35.5. The molecule has 10 heteroatoms. The number of carbonyl (C=O) groups excluding carboxylic acids is 1. The Balaban J connectivity index is 1.28. The van der Waals surface area contributed by atoms with Gasteiger partial charge in [0.2, 0.25) is 11.7 Å². The zero-order chi connectivity index (χ0) is 29.3. The third-order valence-corrected chi connectivity index (χ3v) is 7.43. The van der Waals surface area contributed by atoms with E-state index in [1.165, 1.54) is 0 Å². The number of piperidine rings is 1. The summed E-state index contributed by atoms with van der Waals surface area (Å²) in [4.78, 5) is 37.0. The largest absolute Gasteiger partial charge is 0.489 e. The summed E-state index contributed by atoms with van der Waals surface area (Å²) in [6.07, 6.45) is 2.41. The zero-order valence-corrected chi connectivity index (χ0v) is 24.4. The average Bonchev–Trinajstić information content (AvgIpc) is 2.92. The van der Waals surface area contributed by atoms with Crippen LogP contribution in [0, 0.1) is 6.92 Å². The van der Waals surface area contributed by atoms with Crippen LogP contribution < -0.4 is 14.5 Å². The van der Waals surface area contributed by atoms with Crippen LogP contribution in [-0.2, 0) is 9.63 Å². The Bertz CT molecular complexity index is 1450. The number of rotatable bonds is 7. The average molecular weight is 580 g/mol. The minimum absolute atomic E-state index is 0.0135. The lowest BCUT2D eigenvalue weighted by Gasteiger charge is -2.45. The molecule has 0 spiro atoms. The lowest BCUT2D eigenvalue weighted by Crippen LogP contribution is -2.53. The Hall–Kier alpha value is -3.82. The molecule has 2 aliphatic rings. The van der Waals surface area contributed by atoms with Crippen LogP contribution in [0.2, 0.25) is 5.02 Å². The van der Waals surface area contributed by atoms with Gasteiger partial charge in [-0.05, 0) is 56.0 Å². The van der Waals surface area contributed by atoms with E-state index in [1.807, 2.05) is 73.2 Å². The number of fused-ring (bicyclic) bond motifs is 1. The molecule has 1 atom stereocenters. The molecule has 3 aromatic rings.